The zero-order valence-corrected chi connectivity index (χ0v) is 12.1. The number of nitrogens with zero attached hydrogens (tertiary/aromatic N) is 1. The second-order valence-corrected chi connectivity index (χ2v) is 7.59. The lowest BCUT2D eigenvalue weighted by Gasteiger charge is -2.21. The molecule has 1 unspecified atom stereocenters. The SMILES string of the molecule is CC(N)c1csc(NS(=O)(=O)C2CCCCC2)n1. The van der Waals surface area contributed by atoms with Crippen LogP contribution in [0.3, 0.4) is 0 Å². The number of anilines is 1. The Hall–Kier alpha value is -0.660. The highest BCUT2D eigenvalue weighted by Gasteiger charge is 2.27. The quantitative estimate of drug-likeness (QED) is 0.890. The van der Waals surface area contributed by atoms with E-state index in [2.05, 4.69) is 9.71 Å². The largest absolute Gasteiger partial charge is 0.323 e. The molecule has 102 valence electrons. The van der Waals surface area contributed by atoms with Gasteiger partial charge in [-0.25, -0.2) is 13.4 Å². The summed E-state index contributed by atoms with van der Waals surface area (Å²) in [5.74, 6) is 0. The van der Waals surface area contributed by atoms with Crippen LogP contribution in [0.1, 0.15) is 50.8 Å². The second-order valence-electron chi connectivity index (χ2n) is 4.77. The van der Waals surface area contributed by atoms with E-state index in [0.29, 0.717) is 5.13 Å². The summed E-state index contributed by atoms with van der Waals surface area (Å²) in [6.45, 7) is 1.83. The van der Waals surface area contributed by atoms with Gasteiger partial charge in [0.1, 0.15) is 0 Å². The lowest BCUT2D eigenvalue weighted by atomic mass is 10.0. The van der Waals surface area contributed by atoms with Crippen molar-refractivity contribution < 1.29 is 8.42 Å². The van der Waals surface area contributed by atoms with Crippen LogP contribution in [0.25, 0.3) is 0 Å². The third kappa shape index (κ3) is 3.21. The molecule has 2 rings (SSSR count). The molecule has 3 N–H and O–H groups in total. The Balaban J connectivity index is 2.06. The first-order valence-corrected chi connectivity index (χ1v) is 8.64. The maximum atomic E-state index is 12.2. The molecular formula is C11H19N3O2S2. The van der Waals surface area contributed by atoms with Crippen LogP contribution in [-0.4, -0.2) is 18.7 Å². The van der Waals surface area contributed by atoms with E-state index in [0.717, 1.165) is 37.8 Å². The van der Waals surface area contributed by atoms with Crippen molar-refractivity contribution in [3.63, 3.8) is 0 Å². The van der Waals surface area contributed by atoms with Gasteiger partial charge < -0.3 is 5.73 Å². The van der Waals surface area contributed by atoms with Crippen LogP contribution < -0.4 is 10.5 Å². The molecule has 1 saturated carbocycles. The molecule has 7 heteroatoms. The van der Waals surface area contributed by atoms with Crippen LogP contribution in [0.4, 0.5) is 5.13 Å². The van der Waals surface area contributed by atoms with E-state index in [1.807, 2.05) is 6.92 Å². The van der Waals surface area contributed by atoms with Crippen molar-refractivity contribution in [3.05, 3.63) is 11.1 Å². The van der Waals surface area contributed by atoms with Gasteiger partial charge in [-0.1, -0.05) is 19.3 Å². The van der Waals surface area contributed by atoms with Crippen LogP contribution in [0.2, 0.25) is 0 Å². The molecule has 0 radical (unpaired) electrons. The highest BCUT2D eigenvalue weighted by atomic mass is 32.2. The molecule has 1 aromatic heterocycles. The number of hydrogen-bond acceptors (Lipinski definition) is 5. The topological polar surface area (TPSA) is 85.1 Å². The normalized spacial score (nSPS) is 19.7. The van der Waals surface area contributed by atoms with E-state index in [1.165, 1.54) is 11.3 Å². The highest BCUT2D eigenvalue weighted by molar-refractivity contribution is 7.93. The van der Waals surface area contributed by atoms with E-state index in [-0.39, 0.29) is 11.3 Å². The molecule has 0 aliphatic heterocycles. The summed E-state index contributed by atoms with van der Waals surface area (Å²) in [5, 5.41) is 1.95. The van der Waals surface area contributed by atoms with Gasteiger partial charge >= 0.3 is 0 Å². The fourth-order valence-electron chi connectivity index (χ4n) is 2.12. The van der Waals surface area contributed by atoms with E-state index in [4.69, 9.17) is 5.73 Å². The Kier molecular flexibility index (Phi) is 4.24. The predicted molar refractivity (Wildman–Crippen MR) is 74.1 cm³/mol. The molecule has 1 aliphatic rings. The first-order chi connectivity index (χ1) is 8.49. The van der Waals surface area contributed by atoms with Gasteiger partial charge in [-0.15, -0.1) is 11.3 Å². The molecule has 0 amide bonds. The van der Waals surface area contributed by atoms with Gasteiger partial charge in [-0.2, -0.15) is 0 Å². The summed E-state index contributed by atoms with van der Waals surface area (Å²) in [4.78, 5) is 4.19. The van der Waals surface area contributed by atoms with Crippen LogP contribution in [-0.2, 0) is 10.0 Å². The van der Waals surface area contributed by atoms with Crippen LogP contribution >= 0.6 is 11.3 Å². The molecule has 0 saturated heterocycles. The fraction of sp³-hybridized carbons (Fsp3) is 0.727. The smallest absolute Gasteiger partial charge is 0.237 e. The fourth-order valence-corrected chi connectivity index (χ4v) is 4.73. The van der Waals surface area contributed by atoms with Crippen molar-refractivity contribution in [3.8, 4) is 0 Å². The maximum absolute atomic E-state index is 12.2. The van der Waals surface area contributed by atoms with Gasteiger partial charge in [-0.3, -0.25) is 4.72 Å². The first kappa shape index (κ1) is 13.8. The molecule has 0 aromatic carbocycles. The predicted octanol–water partition coefficient (Wildman–Crippen LogP) is 2.24. The second kappa shape index (κ2) is 5.54. The van der Waals surface area contributed by atoms with Gasteiger partial charge in [0.2, 0.25) is 10.0 Å². The average Bonchev–Trinajstić information content (AvgIpc) is 2.78. The third-order valence-corrected chi connectivity index (χ3v) is 5.94. The minimum atomic E-state index is -3.29. The summed E-state index contributed by atoms with van der Waals surface area (Å²) in [6.07, 6.45) is 4.63. The van der Waals surface area contributed by atoms with Gasteiger partial charge in [-0.05, 0) is 19.8 Å². The number of nitrogens with one attached hydrogen (secondary N) is 1. The van der Waals surface area contributed by atoms with Gasteiger partial charge in [0.25, 0.3) is 0 Å². The number of hydrogen-bond donors (Lipinski definition) is 2. The van der Waals surface area contributed by atoms with Crippen molar-refractivity contribution >= 4 is 26.5 Å². The molecule has 0 bridgehead atoms. The van der Waals surface area contributed by atoms with Crippen molar-refractivity contribution in [1.82, 2.24) is 4.98 Å². The number of rotatable bonds is 4. The zero-order chi connectivity index (χ0) is 13.2. The first-order valence-electron chi connectivity index (χ1n) is 6.21. The number of nitrogens with two attached hydrogens (primary N) is 1. The Labute approximate surface area is 112 Å². The molecular weight excluding hydrogens is 270 g/mol. The van der Waals surface area contributed by atoms with Crippen LogP contribution in [0.5, 0.6) is 0 Å². The number of aromatic nitrogens is 1. The summed E-state index contributed by atoms with van der Waals surface area (Å²) in [6, 6.07) is -0.172. The minimum Gasteiger partial charge on any atom is -0.323 e. The van der Waals surface area contributed by atoms with E-state index in [1.54, 1.807) is 5.38 Å². The molecule has 1 fully saturated rings. The van der Waals surface area contributed by atoms with E-state index < -0.39 is 10.0 Å². The van der Waals surface area contributed by atoms with Crippen molar-refractivity contribution in [2.45, 2.75) is 50.3 Å². The summed E-state index contributed by atoms with van der Waals surface area (Å²) in [5.41, 5.74) is 6.42. The van der Waals surface area contributed by atoms with Crippen molar-refractivity contribution in [2.75, 3.05) is 4.72 Å². The standard InChI is InChI=1S/C11H19N3O2S2/c1-8(12)10-7-17-11(13-10)14-18(15,16)9-5-3-2-4-6-9/h7-9H,2-6,12H2,1H3,(H,13,14). The van der Waals surface area contributed by atoms with Crippen molar-refractivity contribution in [2.24, 2.45) is 5.73 Å². The Bertz CT molecular complexity index is 490. The maximum Gasteiger partial charge on any atom is 0.237 e. The van der Waals surface area contributed by atoms with E-state index in [9.17, 15) is 8.42 Å². The Morgan fingerprint density at radius 1 is 1.44 bits per heavy atom. The molecule has 1 heterocycles. The lowest BCUT2D eigenvalue weighted by molar-refractivity contribution is 0.486. The monoisotopic (exact) mass is 289 g/mol. The number of sulfonamides is 1. The van der Waals surface area contributed by atoms with Gasteiger partial charge in [0.15, 0.2) is 5.13 Å². The molecule has 18 heavy (non-hydrogen) atoms. The highest BCUT2D eigenvalue weighted by Crippen LogP contribution is 2.27. The molecule has 1 atom stereocenters. The summed E-state index contributed by atoms with van der Waals surface area (Å²) < 4.78 is 26.9. The van der Waals surface area contributed by atoms with Gasteiger partial charge in [0, 0.05) is 11.4 Å². The third-order valence-electron chi connectivity index (χ3n) is 3.21. The van der Waals surface area contributed by atoms with Crippen LogP contribution in [0.15, 0.2) is 5.38 Å². The minimum absolute atomic E-state index is 0.172. The number of thiazole rings is 1. The van der Waals surface area contributed by atoms with Crippen LogP contribution in [0, 0.1) is 0 Å². The average molecular weight is 289 g/mol. The lowest BCUT2D eigenvalue weighted by Crippen LogP contribution is -2.29. The molecule has 5 nitrogen and oxygen atoms in total. The summed E-state index contributed by atoms with van der Waals surface area (Å²) >= 11 is 1.29. The zero-order valence-electron chi connectivity index (χ0n) is 10.4. The Morgan fingerprint density at radius 2 is 2.11 bits per heavy atom. The van der Waals surface area contributed by atoms with E-state index >= 15 is 0 Å². The molecule has 0 spiro atoms. The summed E-state index contributed by atoms with van der Waals surface area (Å²) in [7, 11) is -3.29. The van der Waals surface area contributed by atoms with Gasteiger partial charge in [0.05, 0.1) is 10.9 Å². The Morgan fingerprint density at radius 3 is 2.67 bits per heavy atom. The molecule has 1 aromatic rings. The van der Waals surface area contributed by atoms with Crippen molar-refractivity contribution in [1.29, 1.82) is 0 Å². The molecule has 1 aliphatic carbocycles.